The SMILES string of the molecule is CC(C)C(C)NC(=O)CN(c1ccccc1)S(C)(=O)=O. The van der Waals surface area contributed by atoms with Gasteiger partial charge in [-0.1, -0.05) is 32.0 Å². The summed E-state index contributed by atoms with van der Waals surface area (Å²) in [7, 11) is -3.50. The van der Waals surface area contributed by atoms with Crippen molar-refractivity contribution in [3.05, 3.63) is 30.3 Å². The average molecular weight is 298 g/mol. The van der Waals surface area contributed by atoms with Crippen molar-refractivity contribution in [2.24, 2.45) is 5.92 Å². The molecule has 0 aliphatic rings. The Balaban J connectivity index is 2.86. The Hall–Kier alpha value is -1.56. The summed E-state index contributed by atoms with van der Waals surface area (Å²) in [6.07, 6.45) is 1.10. The molecule has 0 radical (unpaired) electrons. The molecule has 1 amide bonds. The highest BCUT2D eigenvalue weighted by molar-refractivity contribution is 7.92. The Kier molecular flexibility index (Phi) is 5.56. The lowest BCUT2D eigenvalue weighted by atomic mass is 10.1. The number of hydrogen-bond acceptors (Lipinski definition) is 3. The van der Waals surface area contributed by atoms with Gasteiger partial charge in [-0.05, 0) is 25.0 Å². The third-order valence-corrected chi connectivity index (χ3v) is 4.26. The molecule has 0 fully saturated rings. The third kappa shape index (κ3) is 4.85. The van der Waals surface area contributed by atoms with E-state index >= 15 is 0 Å². The number of nitrogens with one attached hydrogen (secondary N) is 1. The summed E-state index contributed by atoms with van der Waals surface area (Å²) < 4.78 is 24.8. The van der Waals surface area contributed by atoms with Crippen molar-refractivity contribution in [3.63, 3.8) is 0 Å². The molecule has 1 aromatic rings. The number of carbonyl (C=O) groups excluding carboxylic acids is 1. The fourth-order valence-electron chi connectivity index (χ4n) is 1.59. The molecule has 1 rings (SSSR count). The number of sulfonamides is 1. The maximum atomic E-state index is 12.0. The van der Waals surface area contributed by atoms with E-state index in [2.05, 4.69) is 5.32 Å². The molecular weight excluding hydrogens is 276 g/mol. The maximum Gasteiger partial charge on any atom is 0.240 e. The van der Waals surface area contributed by atoms with Gasteiger partial charge in [-0.2, -0.15) is 0 Å². The van der Waals surface area contributed by atoms with Crippen LogP contribution in [0, 0.1) is 5.92 Å². The van der Waals surface area contributed by atoms with Crippen LogP contribution in [0.2, 0.25) is 0 Å². The quantitative estimate of drug-likeness (QED) is 0.867. The number of hydrogen-bond donors (Lipinski definition) is 1. The van der Waals surface area contributed by atoms with Crippen LogP contribution in [0.5, 0.6) is 0 Å². The molecule has 1 atom stereocenters. The lowest BCUT2D eigenvalue weighted by Gasteiger charge is -2.24. The minimum atomic E-state index is -3.50. The average Bonchev–Trinajstić information content (AvgIpc) is 2.35. The molecule has 20 heavy (non-hydrogen) atoms. The molecule has 6 heteroatoms. The highest BCUT2D eigenvalue weighted by Gasteiger charge is 2.21. The van der Waals surface area contributed by atoms with Crippen molar-refractivity contribution in [1.29, 1.82) is 0 Å². The molecule has 0 saturated heterocycles. The van der Waals surface area contributed by atoms with Crippen LogP contribution >= 0.6 is 0 Å². The molecule has 1 N–H and O–H groups in total. The molecular formula is C14H22N2O3S. The van der Waals surface area contributed by atoms with Gasteiger partial charge < -0.3 is 5.32 Å². The zero-order valence-corrected chi connectivity index (χ0v) is 13.1. The minimum absolute atomic E-state index is 0.000293. The normalized spacial score (nSPS) is 13.1. The van der Waals surface area contributed by atoms with Crippen molar-refractivity contribution in [2.75, 3.05) is 17.1 Å². The summed E-state index contributed by atoms with van der Waals surface area (Å²) in [5.74, 6) is -0.0113. The van der Waals surface area contributed by atoms with E-state index < -0.39 is 10.0 Å². The molecule has 0 bridgehead atoms. The van der Waals surface area contributed by atoms with Gasteiger partial charge >= 0.3 is 0 Å². The van der Waals surface area contributed by atoms with Crippen molar-refractivity contribution in [2.45, 2.75) is 26.8 Å². The summed E-state index contributed by atoms with van der Waals surface area (Å²) in [5.41, 5.74) is 0.488. The summed E-state index contributed by atoms with van der Waals surface area (Å²) in [6.45, 7) is 5.68. The second-order valence-corrected chi connectivity index (χ2v) is 7.11. The summed E-state index contributed by atoms with van der Waals surface area (Å²) in [4.78, 5) is 12.0. The van der Waals surface area contributed by atoms with Gasteiger partial charge in [0.1, 0.15) is 6.54 Å². The first-order chi connectivity index (χ1) is 9.21. The van der Waals surface area contributed by atoms with E-state index in [-0.39, 0.29) is 18.5 Å². The monoisotopic (exact) mass is 298 g/mol. The lowest BCUT2D eigenvalue weighted by Crippen LogP contribution is -2.44. The van der Waals surface area contributed by atoms with E-state index in [0.29, 0.717) is 11.6 Å². The molecule has 0 saturated carbocycles. The van der Waals surface area contributed by atoms with Gasteiger partial charge in [0, 0.05) is 6.04 Å². The molecule has 112 valence electrons. The smallest absolute Gasteiger partial charge is 0.240 e. The van der Waals surface area contributed by atoms with Crippen LogP contribution in [-0.2, 0) is 14.8 Å². The Labute approximate surface area is 121 Å². The first-order valence-corrected chi connectivity index (χ1v) is 8.38. The predicted octanol–water partition coefficient (Wildman–Crippen LogP) is 1.61. The topological polar surface area (TPSA) is 66.5 Å². The number of nitrogens with zero attached hydrogens (tertiary/aromatic N) is 1. The van der Waals surface area contributed by atoms with E-state index in [4.69, 9.17) is 0 Å². The highest BCUT2D eigenvalue weighted by atomic mass is 32.2. The van der Waals surface area contributed by atoms with Crippen molar-refractivity contribution < 1.29 is 13.2 Å². The van der Waals surface area contributed by atoms with Gasteiger partial charge in [-0.3, -0.25) is 9.10 Å². The van der Waals surface area contributed by atoms with Crippen LogP contribution in [0.1, 0.15) is 20.8 Å². The number of amides is 1. The third-order valence-electron chi connectivity index (χ3n) is 3.12. The van der Waals surface area contributed by atoms with Crippen LogP contribution in [0.15, 0.2) is 30.3 Å². The first-order valence-electron chi connectivity index (χ1n) is 6.54. The molecule has 5 nitrogen and oxygen atoms in total. The van der Waals surface area contributed by atoms with Crippen molar-refractivity contribution >= 4 is 21.6 Å². The van der Waals surface area contributed by atoms with Gasteiger partial charge in [0.25, 0.3) is 0 Å². The van der Waals surface area contributed by atoms with E-state index in [1.165, 1.54) is 0 Å². The molecule has 0 aliphatic heterocycles. The number of carbonyl (C=O) groups is 1. The molecule has 0 aromatic heterocycles. The summed E-state index contributed by atoms with van der Waals surface area (Å²) in [6, 6.07) is 8.61. The second-order valence-electron chi connectivity index (χ2n) is 5.21. The summed E-state index contributed by atoms with van der Waals surface area (Å²) in [5, 5.41) is 2.81. The fraction of sp³-hybridized carbons (Fsp3) is 0.500. The van der Waals surface area contributed by atoms with Crippen LogP contribution in [0.4, 0.5) is 5.69 Å². The van der Waals surface area contributed by atoms with Gasteiger partial charge in [-0.15, -0.1) is 0 Å². The van der Waals surface area contributed by atoms with E-state index in [9.17, 15) is 13.2 Å². The van der Waals surface area contributed by atoms with Gasteiger partial charge in [0.2, 0.25) is 15.9 Å². The van der Waals surface area contributed by atoms with Gasteiger partial charge in [0.15, 0.2) is 0 Å². The lowest BCUT2D eigenvalue weighted by molar-refractivity contribution is -0.120. The van der Waals surface area contributed by atoms with Crippen LogP contribution in [0.25, 0.3) is 0 Å². The van der Waals surface area contributed by atoms with Crippen molar-refractivity contribution in [1.82, 2.24) is 5.32 Å². The molecule has 1 unspecified atom stereocenters. The Bertz CT molecular complexity index is 541. The number of benzene rings is 1. The summed E-state index contributed by atoms with van der Waals surface area (Å²) >= 11 is 0. The van der Waals surface area contributed by atoms with Crippen LogP contribution < -0.4 is 9.62 Å². The zero-order chi connectivity index (χ0) is 15.3. The molecule has 0 aliphatic carbocycles. The molecule has 0 heterocycles. The standard InChI is InChI=1S/C14H22N2O3S/c1-11(2)12(3)15-14(17)10-16(20(4,18)19)13-8-6-5-7-9-13/h5-9,11-12H,10H2,1-4H3,(H,15,17). The number of anilines is 1. The Morgan fingerprint density at radius 3 is 2.20 bits per heavy atom. The molecule has 0 spiro atoms. The van der Waals surface area contributed by atoms with E-state index in [1.807, 2.05) is 20.8 Å². The van der Waals surface area contributed by atoms with E-state index in [0.717, 1.165) is 10.6 Å². The van der Waals surface area contributed by atoms with E-state index in [1.54, 1.807) is 30.3 Å². The molecule has 1 aromatic carbocycles. The Morgan fingerprint density at radius 1 is 1.20 bits per heavy atom. The van der Waals surface area contributed by atoms with Crippen LogP contribution in [-0.4, -0.2) is 33.2 Å². The fourth-order valence-corrected chi connectivity index (χ4v) is 2.45. The zero-order valence-electron chi connectivity index (χ0n) is 12.3. The Morgan fingerprint density at radius 2 is 1.75 bits per heavy atom. The number of para-hydroxylation sites is 1. The largest absolute Gasteiger partial charge is 0.352 e. The first kappa shape index (κ1) is 16.5. The van der Waals surface area contributed by atoms with Gasteiger partial charge in [-0.25, -0.2) is 8.42 Å². The number of rotatable bonds is 6. The highest BCUT2D eigenvalue weighted by Crippen LogP contribution is 2.16. The van der Waals surface area contributed by atoms with Gasteiger partial charge in [0.05, 0.1) is 11.9 Å². The van der Waals surface area contributed by atoms with Crippen LogP contribution in [0.3, 0.4) is 0 Å². The van der Waals surface area contributed by atoms with Crippen molar-refractivity contribution in [3.8, 4) is 0 Å². The second kappa shape index (κ2) is 6.74. The minimum Gasteiger partial charge on any atom is -0.352 e. The maximum absolute atomic E-state index is 12.0. The predicted molar refractivity (Wildman–Crippen MR) is 81.1 cm³/mol.